The smallest absolute Gasteiger partial charge is 0.248 e. The molecule has 6 heteroatoms. The van der Waals surface area contributed by atoms with E-state index in [1.807, 2.05) is 6.07 Å². The number of nitrogens with two attached hydrogens (primary N) is 1. The molecule has 0 atom stereocenters. The van der Waals surface area contributed by atoms with Crippen LogP contribution in [0.15, 0.2) is 36.7 Å². The topological polar surface area (TPSA) is 101 Å². The number of anilines is 1. The van der Waals surface area contributed by atoms with Gasteiger partial charge in [-0.1, -0.05) is 18.2 Å². The molecule has 1 aromatic carbocycles. The summed E-state index contributed by atoms with van der Waals surface area (Å²) >= 11 is 0. The van der Waals surface area contributed by atoms with Crippen molar-refractivity contribution in [2.45, 2.75) is 12.8 Å². The molecule has 0 spiro atoms. The molecule has 0 aliphatic carbocycles. The van der Waals surface area contributed by atoms with Crippen LogP contribution in [0.4, 0.5) is 5.95 Å². The lowest BCUT2D eigenvalue weighted by molar-refractivity contribution is -0.116. The van der Waals surface area contributed by atoms with E-state index in [1.54, 1.807) is 30.6 Å². The molecule has 1 aromatic heterocycles. The van der Waals surface area contributed by atoms with E-state index in [-0.39, 0.29) is 12.3 Å². The van der Waals surface area contributed by atoms with Crippen LogP contribution in [-0.4, -0.2) is 21.8 Å². The van der Waals surface area contributed by atoms with Crippen LogP contribution in [0.3, 0.4) is 0 Å². The normalized spacial score (nSPS) is 10.1. The number of carbonyl (C=O) groups excluding carboxylic acids is 2. The quantitative estimate of drug-likeness (QED) is 0.748. The van der Waals surface area contributed by atoms with Crippen LogP contribution in [0.2, 0.25) is 0 Å². The summed E-state index contributed by atoms with van der Waals surface area (Å²) < 4.78 is 0. The first kappa shape index (κ1) is 12.8. The third-order valence-corrected chi connectivity index (χ3v) is 2.66. The molecule has 6 nitrogen and oxygen atoms in total. The van der Waals surface area contributed by atoms with Crippen LogP contribution >= 0.6 is 0 Å². The summed E-state index contributed by atoms with van der Waals surface area (Å²) in [6, 6.07) is 7.00. The third-order valence-electron chi connectivity index (χ3n) is 2.66. The summed E-state index contributed by atoms with van der Waals surface area (Å²) in [6.45, 7) is 0. The predicted octanol–water partition coefficient (Wildman–Crippen LogP) is 1.08. The number of hydrogen-bond donors (Lipinski definition) is 3. The summed E-state index contributed by atoms with van der Waals surface area (Å²) in [5, 5.41) is 2.62. The Labute approximate surface area is 110 Å². The maximum Gasteiger partial charge on any atom is 0.248 e. The highest BCUT2D eigenvalue weighted by atomic mass is 16.2. The second kappa shape index (κ2) is 5.81. The maximum absolute atomic E-state index is 11.7. The largest absolute Gasteiger partial charge is 0.366 e. The van der Waals surface area contributed by atoms with E-state index < -0.39 is 5.91 Å². The summed E-state index contributed by atoms with van der Waals surface area (Å²) in [5.41, 5.74) is 6.50. The van der Waals surface area contributed by atoms with E-state index in [9.17, 15) is 9.59 Å². The maximum atomic E-state index is 11.7. The van der Waals surface area contributed by atoms with Crippen LogP contribution in [-0.2, 0) is 11.2 Å². The Hall–Kier alpha value is -2.63. The molecule has 2 amide bonds. The number of amides is 2. The molecule has 98 valence electrons. The fourth-order valence-electron chi connectivity index (χ4n) is 1.76. The first-order valence-corrected chi connectivity index (χ1v) is 5.84. The number of imidazole rings is 1. The van der Waals surface area contributed by atoms with E-state index >= 15 is 0 Å². The van der Waals surface area contributed by atoms with Crippen molar-refractivity contribution in [3.05, 3.63) is 47.8 Å². The van der Waals surface area contributed by atoms with Gasteiger partial charge >= 0.3 is 0 Å². The zero-order chi connectivity index (χ0) is 13.7. The molecule has 0 fully saturated rings. The lowest BCUT2D eigenvalue weighted by Gasteiger charge is -2.06. The lowest BCUT2D eigenvalue weighted by Crippen LogP contribution is -2.16. The molecule has 19 heavy (non-hydrogen) atoms. The second-order valence-electron chi connectivity index (χ2n) is 4.01. The van der Waals surface area contributed by atoms with Crippen LogP contribution in [0.1, 0.15) is 22.3 Å². The Bertz CT molecular complexity index is 578. The van der Waals surface area contributed by atoms with Gasteiger partial charge in [0.05, 0.1) is 0 Å². The standard InChI is InChI=1S/C13H14N4O2/c14-12(19)10-4-2-1-3-9(10)5-6-11(18)17-13-15-7-8-16-13/h1-4,7-8H,5-6H2,(H2,14,19)(H2,15,16,17,18). The summed E-state index contributed by atoms with van der Waals surface area (Å²) in [4.78, 5) is 29.6. The van der Waals surface area contributed by atoms with Gasteiger partial charge in [-0.05, 0) is 18.1 Å². The van der Waals surface area contributed by atoms with Gasteiger partial charge in [0.1, 0.15) is 0 Å². The van der Waals surface area contributed by atoms with Crippen LogP contribution in [0.25, 0.3) is 0 Å². The fraction of sp³-hybridized carbons (Fsp3) is 0.154. The van der Waals surface area contributed by atoms with Gasteiger partial charge in [0.2, 0.25) is 17.8 Å². The van der Waals surface area contributed by atoms with Gasteiger partial charge in [0.25, 0.3) is 0 Å². The molecule has 0 unspecified atom stereocenters. The van der Waals surface area contributed by atoms with E-state index in [4.69, 9.17) is 5.73 Å². The molecule has 0 radical (unpaired) electrons. The zero-order valence-corrected chi connectivity index (χ0v) is 10.2. The highest BCUT2D eigenvalue weighted by molar-refractivity contribution is 5.94. The average molecular weight is 258 g/mol. The van der Waals surface area contributed by atoms with Gasteiger partial charge in [-0.25, -0.2) is 4.98 Å². The van der Waals surface area contributed by atoms with E-state index in [0.717, 1.165) is 5.56 Å². The molecular weight excluding hydrogens is 244 g/mol. The zero-order valence-electron chi connectivity index (χ0n) is 10.2. The van der Waals surface area contributed by atoms with Gasteiger partial charge < -0.3 is 10.7 Å². The van der Waals surface area contributed by atoms with Crippen molar-refractivity contribution in [3.63, 3.8) is 0 Å². The Morgan fingerprint density at radius 2 is 2.11 bits per heavy atom. The first-order valence-electron chi connectivity index (χ1n) is 5.84. The van der Waals surface area contributed by atoms with Gasteiger partial charge in [-0.15, -0.1) is 0 Å². The van der Waals surface area contributed by atoms with Gasteiger partial charge in [0.15, 0.2) is 0 Å². The van der Waals surface area contributed by atoms with Crippen molar-refractivity contribution in [1.82, 2.24) is 9.97 Å². The molecule has 1 heterocycles. The molecule has 0 saturated heterocycles. The number of rotatable bonds is 5. The number of aromatic amines is 1. The van der Waals surface area contributed by atoms with Crippen molar-refractivity contribution in [2.24, 2.45) is 5.73 Å². The van der Waals surface area contributed by atoms with Crippen LogP contribution in [0, 0.1) is 0 Å². The summed E-state index contributed by atoms with van der Waals surface area (Å²) in [5.74, 6) is -0.246. The SMILES string of the molecule is NC(=O)c1ccccc1CCC(=O)Nc1ncc[nH]1. The summed E-state index contributed by atoms with van der Waals surface area (Å²) in [6.07, 6.45) is 3.88. The van der Waals surface area contributed by atoms with Crippen molar-refractivity contribution in [1.29, 1.82) is 0 Å². The van der Waals surface area contributed by atoms with Crippen molar-refractivity contribution in [2.75, 3.05) is 5.32 Å². The van der Waals surface area contributed by atoms with E-state index in [0.29, 0.717) is 17.9 Å². The molecule has 2 aromatic rings. The Morgan fingerprint density at radius 3 is 2.79 bits per heavy atom. The minimum Gasteiger partial charge on any atom is -0.366 e. The number of nitrogens with one attached hydrogen (secondary N) is 2. The van der Waals surface area contributed by atoms with Crippen molar-refractivity contribution >= 4 is 17.8 Å². The van der Waals surface area contributed by atoms with Crippen molar-refractivity contribution in [3.8, 4) is 0 Å². The number of nitrogens with zero attached hydrogens (tertiary/aromatic N) is 1. The lowest BCUT2D eigenvalue weighted by atomic mass is 10.0. The van der Waals surface area contributed by atoms with Gasteiger partial charge in [-0.2, -0.15) is 0 Å². The number of primary amides is 1. The predicted molar refractivity (Wildman–Crippen MR) is 70.5 cm³/mol. The average Bonchev–Trinajstić information content (AvgIpc) is 2.89. The molecule has 0 bridgehead atoms. The third kappa shape index (κ3) is 3.41. The Balaban J connectivity index is 1.95. The minimum absolute atomic E-state index is 0.172. The fourth-order valence-corrected chi connectivity index (χ4v) is 1.76. The summed E-state index contributed by atoms with van der Waals surface area (Å²) in [7, 11) is 0. The molecule has 0 aliphatic rings. The minimum atomic E-state index is -0.484. The van der Waals surface area contributed by atoms with Gasteiger partial charge in [-0.3, -0.25) is 14.9 Å². The molecule has 2 rings (SSSR count). The number of benzene rings is 1. The monoisotopic (exact) mass is 258 g/mol. The Morgan fingerprint density at radius 1 is 1.32 bits per heavy atom. The highest BCUT2D eigenvalue weighted by Crippen LogP contribution is 2.11. The number of hydrogen-bond acceptors (Lipinski definition) is 3. The molecule has 0 saturated carbocycles. The van der Waals surface area contributed by atoms with Crippen LogP contribution < -0.4 is 11.1 Å². The number of H-pyrrole nitrogens is 1. The molecule has 0 aliphatic heterocycles. The highest BCUT2D eigenvalue weighted by Gasteiger charge is 2.09. The number of carbonyl (C=O) groups is 2. The second-order valence-corrected chi connectivity index (χ2v) is 4.01. The Kier molecular flexibility index (Phi) is 3.92. The number of aryl methyl sites for hydroxylation is 1. The molecule has 4 N–H and O–H groups in total. The first-order chi connectivity index (χ1) is 9.16. The van der Waals surface area contributed by atoms with E-state index in [1.165, 1.54) is 0 Å². The van der Waals surface area contributed by atoms with Crippen LogP contribution in [0.5, 0.6) is 0 Å². The van der Waals surface area contributed by atoms with Crippen molar-refractivity contribution < 1.29 is 9.59 Å². The van der Waals surface area contributed by atoms with Gasteiger partial charge in [0, 0.05) is 24.4 Å². The van der Waals surface area contributed by atoms with E-state index in [2.05, 4.69) is 15.3 Å². The number of aromatic nitrogens is 2. The molecular formula is C13H14N4O2.